The van der Waals surface area contributed by atoms with Crippen LogP contribution in [-0.4, -0.2) is 41.0 Å². The van der Waals surface area contributed by atoms with Crippen LogP contribution >= 0.6 is 11.8 Å². The second kappa shape index (κ2) is 9.53. The highest BCUT2D eigenvalue weighted by molar-refractivity contribution is 8.00. The molecule has 1 heterocycles. The van der Waals surface area contributed by atoms with Gasteiger partial charge in [-0.25, -0.2) is 4.79 Å². The number of alkyl halides is 3. The van der Waals surface area contributed by atoms with Gasteiger partial charge >= 0.3 is 12.3 Å². The highest BCUT2D eigenvalue weighted by atomic mass is 32.2. The van der Waals surface area contributed by atoms with E-state index in [0.717, 1.165) is 17.0 Å². The fourth-order valence-corrected chi connectivity index (χ4v) is 4.39. The number of rotatable bonds is 5. The summed E-state index contributed by atoms with van der Waals surface area (Å²) in [4.78, 5) is 15.2. The van der Waals surface area contributed by atoms with Gasteiger partial charge in [-0.1, -0.05) is 30.3 Å². The zero-order chi connectivity index (χ0) is 22.6. The van der Waals surface area contributed by atoms with Gasteiger partial charge < -0.3 is 14.4 Å². The van der Waals surface area contributed by atoms with Gasteiger partial charge in [0.1, 0.15) is 5.60 Å². The lowest BCUT2D eigenvalue weighted by molar-refractivity contribution is -0.137. The van der Waals surface area contributed by atoms with Crippen LogP contribution in [0.4, 0.5) is 18.0 Å². The fourth-order valence-electron chi connectivity index (χ4n) is 3.16. The van der Waals surface area contributed by atoms with E-state index in [1.54, 1.807) is 16.7 Å². The van der Waals surface area contributed by atoms with Crippen molar-refractivity contribution in [3.05, 3.63) is 65.7 Å². The lowest BCUT2D eigenvalue weighted by atomic mass is 10.1. The maximum atomic E-state index is 12.8. The minimum atomic E-state index is -4.36. The SMILES string of the molecule is CC(C)(C)OC(=O)N1C[C@@H](OCc2ccc(C(F)(F)F)cc2)[C@H](Sc2ccccc2)C1. The van der Waals surface area contributed by atoms with Crippen molar-refractivity contribution >= 4 is 17.9 Å². The van der Waals surface area contributed by atoms with E-state index < -0.39 is 23.4 Å². The number of benzene rings is 2. The van der Waals surface area contributed by atoms with Crippen LogP contribution < -0.4 is 0 Å². The van der Waals surface area contributed by atoms with E-state index in [2.05, 4.69) is 0 Å². The van der Waals surface area contributed by atoms with Gasteiger partial charge in [0.25, 0.3) is 0 Å². The van der Waals surface area contributed by atoms with Crippen LogP contribution in [0.3, 0.4) is 0 Å². The van der Waals surface area contributed by atoms with Crippen molar-refractivity contribution in [2.24, 2.45) is 0 Å². The van der Waals surface area contributed by atoms with Crippen LogP contribution in [0.1, 0.15) is 31.9 Å². The molecule has 2 atom stereocenters. The Bertz CT molecular complexity index is 866. The molecule has 1 aliphatic heterocycles. The summed E-state index contributed by atoms with van der Waals surface area (Å²) >= 11 is 1.62. The largest absolute Gasteiger partial charge is 0.444 e. The average molecular weight is 454 g/mol. The summed E-state index contributed by atoms with van der Waals surface area (Å²) in [7, 11) is 0. The average Bonchev–Trinajstić information content (AvgIpc) is 3.08. The molecule has 8 heteroatoms. The number of thioether (sulfide) groups is 1. The topological polar surface area (TPSA) is 38.8 Å². The van der Waals surface area contributed by atoms with Gasteiger partial charge in [-0.05, 0) is 50.6 Å². The number of likely N-dealkylation sites (tertiary alicyclic amines) is 1. The van der Waals surface area contributed by atoms with Crippen LogP contribution in [0.2, 0.25) is 0 Å². The smallest absolute Gasteiger partial charge is 0.416 e. The summed E-state index contributed by atoms with van der Waals surface area (Å²) in [5, 5.41) is -0.0237. The second-order valence-electron chi connectivity index (χ2n) is 8.40. The molecule has 3 rings (SSSR count). The van der Waals surface area contributed by atoms with Crippen LogP contribution in [0.5, 0.6) is 0 Å². The third-order valence-corrected chi connectivity index (χ3v) is 5.94. The highest BCUT2D eigenvalue weighted by Gasteiger charge is 2.38. The van der Waals surface area contributed by atoms with Gasteiger partial charge in [0.15, 0.2) is 0 Å². The van der Waals surface area contributed by atoms with Crippen LogP contribution in [0.15, 0.2) is 59.5 Å². The van der Waals surface area contributed by atoms with Gasteiger partial charge in [-0.15, -0.1) is 11.8 Å². The molecule has 2 aromatic rings. The van der Waals surface area contributed by atoms with E-state index in [1.807, 2.05) is 51.1 Å². The van der Waals surface area contributed by atoms with Gasteiger partial charge in [0.2, 0.25) is 0 Å². The molecule has 1 amide bonds. The third kappa shape index (κ3) is 6.90. The molecule has 0 radical (unpaired) electrons. The molecule has 0 aromatic heterocycles. The highest BCUT2D eigenvalue weighted by Crippen LogP contribution is 2.33. The molecule has 1 saturated heterocycles. The van der Waals surface area contributed by atoms with E-state index in [1.165, 1.54) is 12.1 Å². The van der Waals surface area contributed by atoms with Crippen LogP contribution in [-0.2, 0) is 22.3 Å². The number of nitrogens with zero attached hydrogens (tertiary/aromatic N) is 1. The summed E-state index contributed by atoms with van der Waals surface area (Å²) in [6, 6.07) is 14.8. The van der Waals surface area contributed by atoms with Crippen molar-refractivity contribution in [1.29, 1.82) is 0 Å². The van der Waals surface area contributed by atoms with E-state index in [4.69, 9.17) is 9.47 Å². The molecule has 2 aromatic carbocycles. The number of hydrogen-bond acceptors (Lipinski definition) is 4. The first-order chi connectivity index (χ1) is 14.5. The molecule has 31 heavy (non-hydrogen) atoms. The van der Waals surface area contributed by atoms with Crippen molar-refractivity contribution < 1.29 is 27.4 Å². The first-order valence-corrected chi connectivity index (χ1v) is 10.9. The third-order valence-electron chi connectivity index (χ3n) is 4.64. The summed E-state index contributed by atoms with van der Waals surface area (Å²) in [6.07, 6.45) is -5.04. The Balaban J connectivity index is 1.67. The Labute approximate surface area is 184 Å². The number of hydrogen-bond donors (Lipinski definition) is 0. The van der Waals surface area contributed by atoms with Crippen molar-refractivity contribution in [2.75, 3.05) is 13.1 Å². The fraction of sp³-hybridized carbons (Fsp3) is 0.435. The quantitative estimate of drug-likeness (QED) is 0.556. The maximum absolute atomic E-state index is 12.8. The standard InChI is InChI=1S/C23H26F3NO3S/c1-22(2,3)30-21(28)27-13-19(20(14-27)31-18-7-5-4-6-8-18)29-15-16-9-11-17(12-10-16)23(24,25)26/h4-12,19-20H,13-15H2,1-3H3/t19-,20-/m1/s1. The normalized spacial score (nSPS) is 19.5. The van der Waals surface area contributed by atoms with Gasteiger partial charge in [-0.3, -0.25) is 0 Å². The van der Waals surface area contributed by atoms with Crippen molar-refractivity contribution in [2.45, 2.75) is 55.4 Å². The predicted octanol–water partition coefficient (Wildman–Crippen LogP) is 6.00. The van der Waals surface area contributed by atoms with Gasteiger partial charge in [-0.2, -0.15) is 13.2 Å². The zero-order valence-electron chi connectivity index (χ0n) is 17.7. The second-order valence-corrected chi connectivity index (χ2v) is 9.71. The number of amides is 1. The lowest BCUT2D eigenvalue weighted by Gasteiger charge is -2.24. The molecule has 0 unspecified atom stereocenters. The zero-order valence-corrected chi connectivity index (χ0v) is 18.5. The summed E-state index contributed by atoms with van der Waals surface area (Å²) < 4.78 is 49.8. The molecule has 0 bridgehead atoms. The number of carbonyl (C=O) groups is 1. The molecule has 0 aliphatic carbocycles. The summed E-state index contributed by atoms with van der Waals surface area (Å²) in [5.74, 6) is 0. The molecular formula is C23H26F3NO3S. The summed E-state index contributed by atoms with van der Waals surface area (Å²) in [6.45, 7) is 6.43. The molecule has 0 N–H and O–H groups in total. The molecular weight excluding hydrogens is 427 g/mol. The van der Waals surface area contributed by atoms with Crippen molar-refractivity contribution in [3.8, 4) is 0 Å². The minimum absolute atomic E-state index is 0.0237. The van der Waals surface area contributed by atoms with E-state index in [-0.39, 0.29) is 18.0 Å². The molecule has 0 spiro atoms. The van der Waals surface area contributed by atoms with Gasteiger partial charge in [0, 0.05) is 11.4 Å². The monoisotopic (exact) mass is 453 g/mol. The minimum Gasteiger partial charge on any atom is -0.444 e. The first kappa shape index (κ1) is 23.5. The van der Waals surface area contributed by atoms with Crippen LogP contribution in [0, 0.1) is 0 Å². The first-order valence-electron chi connectivity index (χ1n) is 9.99. The number of halogens is 3. The van der Waals surface area contributed by atoms with E-state index >= 15 is 0 Å². The Morgan fingerprint density at radius 2 is 1.68 bits per heavy atom. The predicted molar refractivity (Wildman–Crippen MR) is 114 cm³/mol. The van der Waals surface area contributed by atoms with E-state index in [0.29, 0.717) is 18.7 Å². The van der Waals surface area contributed by atoms with Crippen molar-refractivity contribution in [1.82, 2.24) is 4.90 Å². The van der Waals surface area contributed by atoms with Crippen molar-refractivity contribution in [3.63, 3.8) is 0 Å². The number of ether oxygens (including phenoxy) is 2. The molecule has 1 fully saturated rings. The van der Waals surface area contributed by atoms with E-state index in [9.17, 15) is 18.0 Å². The molecule has 168 valence electrons. The molecule has 4 nitrogen and oxygen atoms in total. The molecule has 1 aliphatic rings. The van der Waals surface area contributed by atoms with Crippen LogP contribution in [0.25, 0.3) is 0 Å². The Kier molecular flexibility index (Phi) is 7.21. The Morgan fingerprint density at radius 1 is 1.03 bits per heavy atom. The molecule has 0 saturated carbocycles. The maximum Gasteiger partial charge on any atom is 0.416 e. The Morgan fingerprint density at radius 3 is 2.26 bits per heavy atom. The van der Waals surface area contributed by atoms with Gasteiger partial charge in [0.05, 0.1) is 30.1 Å². The Hall–Kier alpha value is -2.19. The lowest BCUT2D eigenvalue weighted by Crippen LogP contribution is -2.36. The summed E-state index contributed by atoms with van der Waals surface area (Å²) in [5.41, 5.74) is -0.642. The number of carbonyl (C=O) groups excluding carboxylic acids is 1.